The molecule has 5 nitrogen and oxygen atoms in total. The maximum absolute atomic E-state index is 13.4. The number of anilines is 2. The van der Waals surface area contributed by atoms with E-state index in [0.717, 1.165) is 6.07 Å². The molecule has 0 bridgehead atoms. The normalized spacial score (nSPS) is 10.2. The number of hydrogen-bond acceptors (Lipinski definition) is 3. The Labute approximate surface area is 128 Å². The van der Waals surface area contributed by atoms with E-state index in [1.54, 1.807) is 12.1 Å². The van der Waals surface area contributed by atoms with Gasteiger partial charge in [-0.2, -0.15) is 0 Å². The van der Waals surface area contributed by atoms with E-state index in [0.29, 0.717) is 15.7 Å². The van der Waals surface area contributed by atoms with Gasteiger partial charge >= 0.3 is 0 Å². The van der Waals surface area contributed by atoms with Crippen molar-refractivity contribution < 1.29 is 14.0 Å². The van der Waals surface area contributed by atoms with Gasteiger partial charge in [-0.05, 0) is 36.4 Å². The first-order valence-electron chi connectivity index (χ1n) is 5.83. The molecule has 0 unspecified atom stereocenters. The van der Waals surface area contributed by atoms with E-state index >= 15 is 0 Å². The fraction of sp³-hybridized carbons (Fsp3) is 0. The molecule has 0 heterocycles. The SMILES string of the molecule is NC(=O)c1cc(NC(=O)c2cc(N)cc(Br)c2)ccc1F. The predicted molar refractivity (Wildman–Crippen MR) is 81.4 cm³/mol. The number of rotatable bonds is 3. The van der Waals surface area contributed by atoms with Crippen LogP contribution in [-0.2, 0) is 0 Å². The summed E-state index contributed by atoms with van der Waals surface area (Å²) < 4.78 is 14.0. The topological polar surface area (TPSA) is 98.2 Å². The highest BCUT2D eigenvalue weighted by Crippen LogP contribution is 2.19. The largest absolute Gasteiger partial charge is 0.399 e. The highest BCUT2D eigenvalue weighted by molar-refractivity contribution is 9.10. The monoisotopic (exact) mass is 351 g/mol. The summed E-state index contributed by atoms with van der Waals surface area (Å²) in [5.41, 5.74) is 11.4. The Bertz CT molecular complexity index is 714. The van der Waals surface area contributed by atoms with E-state index in [4.69, 9.17) is 11.5 Å². The molecule has 0 aliphatic heterocycles. The van der Waals surface area contributed by atoms with Crippen LogP contribution < -0.4 is 16.8 Å². The highest BCUT2D eigenvalue weighted by atomic mass is 79.9. The maximum Gasteiger partial charge on any atom is 0.255 e. The van der Waals surface area contributed by atoms with Crippen LogP contribution in [0.1, 0.15) is 20.7 Å². The highest BCUT2D eigenvalue weighted by Gasteiger charge is 2.12. The summed E-state index contributed by atoms with van der Waals surface area (Å²) in [4.78, 5) is 23.2. The number of nitrogen functional groups attached to an aromatic ring is 1. The second kappa shape index (κ2) is 5.92. The van der Waals surface area contributed by atoms with Gasteiger partial charge < -0.3 is 16.8 Å². The third-order valence-electron chi connectivity index (χ3n) is 2.67. The van der Waals surface area contributed by atoms with Crippen LogP contribution in [0.15, 0.2) is 40.9 Å². The average molecular weight is 352 g/mol. The lowest BCUT2D eigenvalue weighted by Crippen LogP contribution is -2.16. The first kappa shape index (κ1) is 15.0. The molecule has 0 aliphatic carbocycles. The molecule has 2 amide bonds. The van der Waals surface area contributed by atoms with Crippen molar-refractivity contribution in [2.24, 2.45) is 5.73 Å². The molecule has 7 heteroatoms. The summed E-state index contributed by atoms with van der Waals surface area (Å²) in [6, 6.07) is 8.31. The van der Waals surface area contributed by atoms with Crippen molar-refractivity contribution in [2.75, 3.05) is 11.1 Å². The van der Waals surface area contributed by atoms with Gasteiger partial charge in [0.25, 0.3) is 11.8 Å². The molecule has 0 saturated heterocycles. The molecule has 2 aromatic carbocycles. The average Bonchev–Trinajstić information content (AvgIpc) is 2.39. The molecular weight excluding hydrogens is 341 g/mol. The zero-order chi connectivity index (χ0) is 15.6. The van der Waals surface area contributed by atoms with Crippen LogP contribution in [0.2, 0.25) is 0 Å². The van der Waals surface area contributed by atoms with Crippen molar-refractivity contribution in [3.8, 4) is 0 Å². The smallest absolute Gasteiger partial charge is 0.255 e. The van der Waals surface area contributed by atoms with Gasteiger partial charge in [-0.25, -0.2) is 4.39 Å². The third kappa shape index (κ3) is 3.57. The molecule has 108 valence electrons. The van der Waals surface area contributed by atoms with E-state index < -0.39 is 17.6 Å². The summed E-state index contributed by atoms with van der Waals surface area (Å²) in [6.45, 7) is 0. The zero-order valence-electron chi connectivity index (χ0n) is 10.7. The minimum absolute atomic E-state index is 0.258. The van der Waals surface area contributed by atoms with E-state index in [1.165, 1.54) is 18.2 Å². The molecule has 0 saturated carbocycles. The number of hydrogen-bond donors (Lipinski definition) is 3. The molecule has 5 N–H and O–H groups in total. The Morgan fingerprint density at radius 3 is 2.48 bits per heavy atom. The number of primary amides is 1. The summed E-state index contributed by atoms with van der Waals surface area (Å²) in [7, 11) is 0. The van der Waals surface area contributed by atoms with Gasteiger partial charge in [-0.1, -0.05) is 15.9 Å². The number of nitrogens with two attached hydrogens (primary N) is 2. The number of benzene rings is 2. The number of carbonyl (C=O) groups excluding carboxylic acids is 2. The maximum atomic E-state index is 13.4. The van der Waals surface area contributed by atoms with Crippen LogP contribution in [0, 0.1) is 5.82 Å². The van der Waals surface area contributed by atoms with E-state index in [9.17, 15) is 14.0 Å². The lowest BCUT2D eigenvalue weighted by molar-refractivity contribution is 0.0992. The Morgan fingerprint density at radius 1 is 1.14 bits per heavy atom. The number of amides is 2. The summed E-state index contributed by atoms with van der Waals surface area (Å²) in [5.74, 6) is -2.09. The minimum Gasteiger partial charge on any atom is -0.399 e. The Hall–Kier alpha value is -2.41. The fourth-order valence-electron chi connectivity index (χ4n) is 1.74. The molecule has 0 atom stereocenters. The summed E-state index contributed by atoms with van der Waals surface area (Å²) >= 11 is 3.24. The van der Waals surface area contributed by atoms with Crippen LogP contribution in [-0.4, -0.2) is 11.8 Å². The summed E-state index contributed by atoms with van der Waals surface area (Å²) in [6.07, 6.45) is 0. The second-order valence-corrected chi connectivity index (χ2v) is 5.20. The van der Waals surface area contributed by atoms with E-state index in [2.05, 4.69) is 21.2 Å². The van der Waals surface area contributed by atoms with Gasteiger partial charge in [-0.3, -0.25) is 9.59 Å². The molecule has 21 heavy (non-hydrogen) atoms. The minimum atomic E-state index is -0.907. The third-order valence-corrected chi connectivity index (χ3v) is 3.13. The number of nitrogens with one attached hydrogen (secondary N) is 1. The van der Waals surface area contributed by atoms with Crippen molar-refractivity contribution in [1.29, 1.82) is 0 Å². The lowest BCUT2D eigenvalue weighted by atomic mass is 10.1. The first-order chi connectivity index (χ1) is 9.86. The Morgan fingerprint density at radius 2 is 1.86 bits per heavy atom. The Balaban J connectivity index is 2.27. The van der Waals surface area contributed by atoms with Crippen LogP contribution in [0.3, 0.4) is 0 Å². The van der Waals surface area contributed by atoms with Gasteiger partial charge in [0.1, 0.15) is 5.82 Å². The van der Waals surface area contributed by atoms with Crippen LogP contribution in [0.25, 0.3) is 0 Å². The molecule has 2 rings (SSSR count). The quantitative estimate of drug-likeness (QED) is 0.741. The number of carbonyl (C=O) groups is 2. The molecule has 0 fully saturated rings. The second-order valence-electron chi connectivity index (χ2n) is 4.29. The lowest BCUT2D eigenvalue weighted by Gasteiger charge is -2.08. The van der Waals surface area contributed by atoms with Gasteiger partial charge in [0.15, 0.2) is 0 Å². The molecule has 0 aliphatic rings. The molecule has 0 spiro atoms. The summed E-state index contributed by atoms with van der Waals surface area (Å²) in [5, 5.41) is 2.55. The molecule has 0 aromatic heterocycles. The van der Waals surface area contributed by atoms with E-state index in [-0.39, 0.29) is 11.3 Å². The van der Waals surface area contributed by atoms with Crippen molar-refractivity contribution in [1.82, 2.24) is 0 Å². The van der Waals surface area contributed by atoms with Crippen molar-refractivity contribution >= 4 is 39.1 Å². The van der Waals surface area contributed by atoms with Crippen molar-refractivity contribution in [3.05, 3.63) is 57.8 Å². The van der Waals surface area contributed by atoms with Crippen molar-refractivity contribution in [3.63, 3.8) is 0 Å². The number of halogens is 2. The van der Waals surface area contributed by atoms with Gasteiger partial charge in [0, 0.05) is 21.4 Å². The van der Waals surface area contributed by atoms with Crippen LogP contribution >= 0.6 is 15.9 Å². The van der Waals surface area contributed by atoms with Gasteiger partial charge in [-0.15, -0.1) is 0 Å². The fourth-order valence-corrected chi connectivity index (χ4v) is 2.25. The molecule has 2 aromatic rings. The zero-order valence-corrected chi connectivity index (χ0v) is 12.3. The standard InChI is InChI=1S/C14H11BrFN3O2/c15-8-3-7(4-9(17)5-8)14(21)19-10-1-2-12(16)11(6-10)13(18)20/h1-6H,17H2,(H2,18,20)(H,19,21). The van der Waals surface area contributed by atoms with E-state index in [1.807, 2.05) is 0 Å². The van der Waals surface area contributed by atoms with Gasteiger partial charge in [0.2, 0.25) is 0 Å². The first-order valence-corrected chi connectivity index (χ1v) is 6.63. The molecule has 0 radical (unpaired) electrons. The Kier molecular flexibility index (Phi) is 4.23. The van der Waals surface area contributed by atoms with Crippen molar-refractivity contribution in [2.45, 2.75) is 0 Å². The van der Waals surface area contributed by atoms with Crippen LogP contribution in [0.5, 0.6) is 0 Å². The van der Waals surface area contributed by atoms with Gasteiger partial charge in [0.05, 0.1) is 5.56 Å². The molecular formula is C14H11BrFN3O2. The van der Waals surface area contributed by atoms with Crippen LogP contribution in [0.4, 0.5) is 15.8 Å². The predicted octanol–water partition coefficient (Wildman–Crippen LogP) is 2.52.